The molecule has 1 N–H and O–H groups in total. The summed E-state index contributed by atoms with van der Waals surface area (Å²) in [5.74, 6) is -0.459. The Morgan fingerprint density at radius 2 is 1.85 bits per heavy atom. The van der Waals surface area contributed by atoms with Gasteiger partial charge in [-0.15, -0.1) is 0 Å². The highest BCUT2D eigenvalue weighted by Crippen LogP contribution is 2.06. The van der Waals surface area contributed by atoms with Gasteiger partial charge in [0.2, 0.25) is 5.91 Å². The van der Waals surface area contributed by atoms with E-state index in [9.17, 15) is 18.8 Å². The molecule has 2 heterocycles. The Hall–Kier alpha value is -3.23. The molecular weight excluding hydrogens is 353 g/mol. The van der Waals surface area contributed by atoms with E-state index in [2.05, 4.69) is 10.3 Å². The van der Waals surface area contributed by atoms with E-state index in [1.807, 2.05) is 0 Å². The molecule has 0 unspecified atom stereocenters. The Balaban J connectivity index is 1.61. The van der Waals surface area contributed by atoms with Crippen molar-refractivity contribution in [2.75, 3.05) is 6.54 Å². The lowest BCUT2D eigenvalue weighted by atomic mass is 10.1. The number of nitrogens with one attached hydrogen (secondary N) is 1. The summed E-state index contributed by atoms with van der Waals surface area (Å²) in [6, 6.07) is 6.13. The lowest BCUT2D eigenvalue weighted by Crippen LogP contribution is -2.37. The van der Waals surface area contributed by atoms with Gasteiger partial charge in [0.1, 0.15) is 5.82 Å². The molecule has 9 heteroatoms. The summed E-state index contributed by atoms with van der Waals surface area (Å²) in [5.41, 5.74) is 0.624. The molecular formula is C18H20FN5O3. The summed E-state index contributed by atoms with van der Waals surface area (Å²) in [7, 11) is 2.95. The molecule has 0 aliphatic rings. The molecule has 0 atom stereocenters. The number of carbonyl (C=O) groups excluding carboxylic acids is 1. The number of benzene rings is 1. The van der Waals surface area contributed by atoms with Crippen molar-refractivity contribution in [1.29, 1.82) is 0 Å². The van der Waals surface area contributed by atoms with Gasteiger partial charge in [0.25, 0.3) is 5.56 Å². The third-order valence-corrected chi connectivity index (χ3v) is 4.45. The summed E-state index contributed by atoms with van der Waals surface area (Å²) >= 11 is 0. The number of nitrogens with zero attached hydrogens (tertiary/aromatic N) is 4. The van der Waals surface area contributed by atoms with E-state index in [0.29, 0.717) is 24.1 Å². The second-order valence-corrected chi connectivity index (χ2v) is 6.29. The minimum absolute atomic E-state index is 0.166. The molecule has 8 nitrogen and oxygen atoms in total. The smallest absolute Gasteiger partial charge is 0.332 e. The van der Waals surface area contributed by atoms with Gasteiger partial charge < -0.3 is 9.88 Å². The first-order valence-electron chi connectivity index (χ1n) is 8.50. The van der Waals surface area contributed by atoms with Crippen molar-refractivity contribution in [2.24, 2.45) is 14.1 Å². The first-order valence-corrected chi connectivity index (χ1v) is 8.50. The zero-order valence-electron chi connectivity index (χ0n) is 15.1. The van der Waals surface area contributed by atoms with Gasteiger partial charge in [-0.25, -0.2) is 14.2 Å². The fourth-order valence-electron chi connectivity index (χ4n) is 2.87. The van der Waals surface area contributed by atoms with Crippen molar-refractivity contribution in [3.63, 3.8) is 0 Å². The monoisotopic (exact) mass is 373 g/mol. The third-order valence-electron chi connectivity index (χ3n) is 4.45. The number of hydrogen-bond donors (Lipinski definition) is 1. The lowest BCUT2D eigenvalue weighted by Gasteiger charge is -2.08. The fourth-order valence-corrected chi connectivity index (χ4v) is 2.87. The van der Waals surface area contributed by atoms with E-state index in [-0.39, 0.29) is 24.7 Å². The highest BCUT2D eigenvalue weighted by atomic mass is 19.1. The topological polar surface area (TPSA) is 90.9 Å². The number of halogens is 1. The van der Waals surface area contributed by atoms with Gasteiger partial charge in [0, 0.05) is 33.6 Å². The van der Waals surface area contributed by atoms with Gasteiger partial charge in [-0.3, -0.25) is 18.7 Å². The van der Waals surface area contributed by atoms with E-state index in [0.717, 1.165) is 10.1 Å². The molecule has 3 rings (SSSR count). The minimum atomic E-state index is -0.448. The van der Waals surface area contributed by atoms with Crippen LogP contribution in [0.15, 0.2) is 40.2 Å². The summed E-state index contributed by atoms with van der Waals surface area (Å²) in [6.45, 7) is 0.706. The summed E-state index contributed by atoms with van der Waals surface area (Å²) in [6.07, 6.45) is 2.22. The second kappa shape index (κ2) is 7.56. The second-order valence-electron chi connectivity index (χ2n) is 6.29. The molecule has 0 spiro atoms. The number of fused-ring (bicyclic) bond motifs is 1. The van der Waals surface area contributed by atoms with Crippen molar-refractivity contribution in [3.05, 3.63) is 62.8 Å². The summed E-state index contributed by atoms with van der Waals surface area (Å²) in [5, 5.41) is 2.80. The molecule has 0 aliphatic heterocycles. The highest BCUT2D eigenvalue weighted by Gasteiger charge is 2.14. The SMILES string of the molecule is Cn1c(=O)c2c(ncn2CCC(=O)NCCc2ccc(F)cc2)n(C)c1=O. The minimum Gasteiger partial charge on any atom is -0.356 e. The van der Waals surface area contributed by atoms with Gasteiger partial charge in [0.05, 0.1) is 6.33 Å². The molecule has 0 aliphatic carbocycles. The predicted molar refractivity (Wildman–Crippen MR) is 97.9 cm³/mol. The van der Waals surface area contributed by atoms with E-state index >= 15 is 0 Å². The number of carbonyl (C=O) groups is 1. The van der Waals surface area contributed by atoms with Crippen LogP contribution in [-0.4, -0.2) is 31.1 Å². The zero-order valence-corrected chi connectivity index (χ0v) is 15.1. The number of imidazole rings is 1. The van der Waals surface area contributed by atoms with E-state index in [1.54, 1.807) is 23.7 Å². The van der Waals surface area contributed by atoms with Crippen molar-refractivity contribution >= 4 is 17.1 Å². The first kappa shape index (κ1) is 18.6. The maximum Gasteiger partial charge on any atom is 0.332 e. The summed E-state index contributed by atoms with van der Waals surface area (Å²) < 4.78 is 16.8. The van der Waals surface area contributed by atoms with Gasteiger partial charge in [0.15, 0.2) is 11.2 Å². The molecule has 1 amide bonds. The number of hydrogen-bond acceptors (Lipinski definition) is 4. The van der Waals surface area contributed by atoms with E-state index < -0.39 is 11.2 Å². The largest absolute Gasteiger partial charge is 0.356 e. The van der Waals surface area contributed by atoms with E-state index in [1.165, 1.54) is 30.1 Å². The lowest BCUT2D eigenvalue weighted by molar-refractivity contribution is -0.121. The van der Waals surface area contributed by atoms with Crippen LogP contribution < -0.4 is 16.6 Å². The predicted octanol–water partition coefficient (Wildman–Crippen LogP) is 0.322. The van der Waals surface area contributed by atoms with Crippen molar-refractivity contribution in [1.82, 2.24) is 24.0 Å². The van der Waals surface area contributed by atoms with Crippen LogP contribution in [0.25, 0.3) is 11.2 Å². The molecule has 0 fully saturated rings. The Bertz CT molecular complexity index is 1100. The van der Waals surface area contributed by atoms with Crippen LogP contribution in [0.3, 0.4) is 0 Å². The molecule has 3 aromatic rings. The molecule has 27 heavy (non-hydrogen) atoms. The quantitative estimate of drug-likeness (QED) is 0.674. The molecule has 142 valence electrons. The zero-order chi connectivity index (χ0) is 19.6. The molecule has 2 aromatic heterocycles. The van der Waals surface area contributed by atoms with Crippen LogP contribution >= 0.6 is 0 Å². The van der Waals surface area contributed by atoms with Gasteiger partial charge in [-0.2, -0.15) is 0 Å². The molecule has 1 aromatic carbocycles. The third kappa shape index (κ3) is 3.81. The normalized spacial score (nSPS) is 11.1. The van der Waals surface area contributed by atoms with Crippen molar-refractivity contribution < 1.29 is 9.18 Å². The molecule has 0 bridgehead atoms. The summed E-state index contributed by atoms with van der Waals surface area (Å²) in [4.78, 5) is 40.4. The maximum atomic E-state index is 12.9. The number of rotatable bonds is 6. The van der Waals surface area contributed by atoms with Crippen molar-refractivity contribution in [2.45, 2.75) is 19.4 Å². The Morgan fingerprint density at radius 1 is 1.15 bits per heavy atom. The average Bonchev–Trinajstić information content (AvgIpc) is 3.09. The Morgan fingerprint density at radius 3 is 2.56 bits per heavy atom. The fraction of sp³-hybridized carbons (Fsp3) is 0.333. The number of amides is 1. The molecule has 0 saturated carbocycles. The van der Waals surface area contributed by atoms with Gasteiger partial charge in [-0.05, 0) is 24.1 Å². The number of aromatic nitrogens is 4. The van der Waals surface area contributed by atoms with Gasteiger partial charge in [-0.1, -0.05) is 12.1 Å². The standard InChI is InChI=1S/C18H20FN5O3/c1-22-16-15(17(26)23(2)18(22)27)24(11-21-16)10-8-14(25)20-9-7-12-3-5-13(19)6-4-12/h3-6,11H,7-10H2,1-2H3,(H,20,25). The average molecular weight is 373 g/mol. The maximum absolute atomic E-state index is 12.9. The van der Waals surface area contributed by atoms with Crippen LogP contribution in [0.4, 0.5) is 4.39 Å². The van der Waals surface area contributed by atoms with Gasteiger partial charge >= 0.3 is 5.69 Å². The molecule has 0 radical (unpaired) electrons. The van der Waals surface area contributed by atoms with Crippen LogP contribution in [0, 0.1) is 5.82 Å². The van der Waals surface area contributed by atoms with Crippen molar-refractivity contribution in [3.8, 4) is 0 Å². The van der Waals surface area contributed by atoms with E-state index in [4.69, 9.17) is 0 Å². The Kier molecular flexibility index (Phi) is 5.20. The highest BCUT2D eigenvalue weighted by molar-refractivity contribution is 5.76. The Labute approximate surface area is 153 Å². The van der Waals surface area contributed by atoms with Crippen LogP contribution in [0.1, 0.15) is 12.0 Å². The van der Waals surface area contributed by atoms with Crippen LogP contribution in [0.2, 0.25) is 0 Å². The number of aryl methyl sites for hydroxylation is 2. The van der Waals surface area contributed by atoms with Crippen LogP contribution in [0.5, 0.6) is 0 Å². The first-order chi connectivity index (χ1) is 12.9. The molecule has 0 saturated heterocycles. The van der Waals surface area contributed by atoms with Crippen LogP contribution in [-0.2, 0) is 31.9 Å².